The molecule has 0 aromatic carbocycles. The van der Waals surface area contributed by atoms with Gasteiger partial charge in [0.15, 0.2) is 0 Å². The van der Waals surface area contributed by atoms with Gasteiger partial charge in [0.25, 0.3) is 0 Å². The third-order valence-corrected chi connectivity index (χ3v) is 3.54. The van der Waals surface area contributed by atoms with E-state index in [0.29, 0.717) is 6.54 Å². The SMILES string of the molecule is NCc1cc(CN2CCSCC2)ccn1. The minimum Gasteiger partial charge on any atom is -0.325 e. The molecule has 0 radical (unpaired) electrons. The first-order valence-corrected chi connectivity index (χ1v) is 6.48. The monoisotopic (exact) mass is 223 g/mol. The average molecular weight is 223 g/mol. The van der Waals surface area contributed by atoms with Crippen LogP contribution < -0.4 is 5.73 Å². The Hall–Kier alpha value is -0.580. The van der Waals surface area contributed by atoms with E-state index in [1.54, 1.807) is 0 Å². The molecule has 0 aliphatic carbocycles. The summed E-state index contributed by atoms with van der Waals surface area (Å²) in [6.07, 6.45) is 1.86. The number of rotatable bonds is 3. The molecule has 0 bridgehead atoms. The Kier molecular flexibility index (Phi) is 4.00. The smallest absolute Gasteiger partial charge is 0.0542 e. The van der Waals surface area contributed by atoms with E-state index < -0.39 is 0 Å². The molecule has 4 heteroatoms. The van der Waals surface area contributed by atoms with Crippen molar-refractivity contribution in [1.82, 2.24) is 9.88 Å². The maximum atomic E-state index is 5.57. The lowest BCUT2D eigenvalue weighted by Gasteiger charge is -2.26. The van der Waals surface area contributed by atoms with Crippen molar-refractivity contribution in [3.63, 3.8) is 0 Å². The first kappa shape index (κ1) is 10.9. The third kappa shape index (κ3) is 3.19. The van der Waals surface area contributed by atoms with Gasteiger partial charge in [-0.2, -0.15) is 11.8 Å². The molecule has 0 spiro atoms. The predicted octanol–water partition coefficient (Wildman–Crippen LogP) is 1.09. The van der Waals surface area contributed by atoms with Crippen LogP contribution in [0.25, 0.3) is 0 Å². The Balaban J connectivity index is 1.96. The van der Waals surface area contributed by atoms with Gasteiger partial charge in [-0.1, -0.05) is 0 Å². The molecule has 1 aliphatic rings. The van der Waals surface area contributed by atoms with Crippen LogP contribution in [-0.2, 0) is 13.1 Å². The number of hydrogen-bond donors (Lipinski definition) is 1. The highest BCUT2D eigenvalue weighted by Gasteiger charge is 2.10. The molecule has 0 amide bonds. The molecule has 1 aromatic heterocycles. The Morgan fingerprint density at radius 3 is 2.93 bits per heavy atom. The summed E-state index contributed by atoms with van der Waals surface area (Å²) in [7, 11) is 0. The van der Waals surface area contributed by atoms with Gasteiger partial charge >= 0.3 is 0 Å². The number of thioether (sulfide) groups is 1. The summed E-state index contributed by atoms with van der Waals surface area (Å²) in [5.74, 6) is 2.52. The summed E-state index contributed by atoms with van der Waals surface area (Å²) in [6.45, 7) is 3.97. The zero-order valence-corrected chi connectivity index (χ0v) is 9.67. The van der Waals surface area contributed by atoms with Gasteiger partial charge in [-0.15, -0.1) is 0 Å². The third-order valence-electron chi connectivity index (χ3n) is 2.60. The molecule has 1 aromatic rings. The fourth-order valence-electron chi connectivity index (χ4n) is 1.76. The molecule has 82 valence electrons. The standard InChI is InChI=1S/C11H17N3S/c12-8-11-7-10(1-2-13-11)9-14-3-5-15-6-4-14/h1-2,7H,3-6,8-9,12H2. The quantitative estimate of drug-likeness (QED) is 0.833. The second-order valence-corrected chi connectivity index (χ2v) is 4.97. The Morgan fingerprint density at radius 2 is 2.20 bits per heavy atom. The van der Waals surface area contributed by atoms with E-state index in [9.17, 15) is 0 Å². The zero-order valence-electron chi connectivity index (χ0n) is 8.85. The van der Waals surface area contributed by atoms with Crippen molar-refractivity contribution in [1.29, 1.82) is 0 Å². The second kappa shape index (κ2) is 5.49. The summed E-state index contributed by atoms with van der Waals surface area (Å²) in [5.41, 5.74) is 7.89. The lowest BCUT2D eigenvalue weighted by Crippen LogP contribution is -2.32. The van der Waals surface area contributed by atoms with E-state index >= 15 is 0 Å². The molecule has 3 nitrogen and oxygen atoms in total. The van der Waals surface area contributed by atoms with Crippen LogP contribution in [0, 0.1) is 0 Å². The van der Waals surface area contributed by atoms with Gasteiger partial charge in [-0.3, -0.25) is 9.88 Å². The fourth-order valence-corrected chi connectivity index (χ4v) is 2.73. The van der Waals surface area contributed by atoms with Crippen LogP contribution in [0.2, 0.25) is 0 Å². The van der Waals surface area contributed by atoms with E-state index in [-0.39, 0.29) is 0 Å². The van der Waals surface area contributed by atoms with Crippen molar-refractivity contribution in [2.45, 2.75) is 13.1 Å². The van der Waals surface area contributed by atoms with Crippen molar-refractivity contribution < 1.29 is 0 Å². The van der Waals surface area contributed by atoms with Crippen LogP contribution in [0.3, 0.4) is 0 Å². The Bertz CT molecular complexity index is 310. The van der Waals surface area contributed by atoms with E-state index in [1.165, 1.54) is 30.2 Å². The normalized spacial score (nSPS) is 17.9. The molecule has 1 fully saturated rings. The number of pyridine rings is 1. The predicted molar refractivity (Wildman–Crippen MR) is 64.7 cm³/mol. The summed E-state index contributed by atoms with van der Waals surface area (Å²) < 4.78 is 0. The maximum absolute atomic E-state index is 5.57. The number of nitrogens with zero attached hydrogens (tertiary/aromatic N) is 2. The topological polar surface area (TPSA) is 42.1 Å². The summed E-state index contributed by atoms with van der Waals surface area (Å²) in [5, 5.41) is 0. The van der Waals surface area contributed by atoms with Crippen LogP contribution >= 0.6 is 11.8 Å². The first-order chi connectivity index (χ1) is 7.38. The van der Waals surface area contributed by atoms with Gasteiger partial charge in [0.1, 0.15) is 0 Å². The molecule has 0 unspecified atom stereocenters. The highest BCUT2D eigenvalue weighted by atomic mass is 32.2. The highest BCUT2D eigenvalue weighted by molar-refractivity contribution is 7.99. The molecular weight excluding hydrogens is 206 g/mol. The van der Waals surface area contributed by atoms with E-state index in [2.05, 4.69) is 22.0 Å². The van der Waals surface area contributed by atoms with Crippen LogP contribution in [0.5, 0.6) is 0 Å². The average Bonchev–Trinajstić information content (AvgIpc) is 2.31. The molecular formula is C11H17N3S. The highest BCUT2D eigenvalue weighted by Crippen LogP contribution is 2.12. The molecule has 15 heavy (non-hydrogen) atoms. The molecule has 1 saturated heterocycles. The van der Waals surface area contributed by atoms with Gasteiger partial charge in [-0.25, -0.2) is 0 Å². The number of aromatic nitrogens is 1. The maximum Gasteiger partial charge on any atom is 0.0542 e. The number of hydrogen-bond acceptors (Lipinski definition) is 4. The molecule has 1 aliphatic heterocycles. The molecule has 2 heterocycles. The molecule has 0 saturated carbocycles. The van der Waals surface area contributed by atoms with Crippen molar-refractivity contribution in [2.75, 3.05) is 24.6 Å². The molecule has 0 atom stereocenters. The summed E-state index contributed by atoms with van der Waals surface area (Å²) >= 11 is 2.04. The lowest BCUT2D eigenvalue weighted by molar-refractivity contribution is 0.294. The summed E-state index contributed by atoms with van der Waals surface area (Å²) in [6, 6.07) is 4.20. The molecule has 2 rings (SSSR count). The van der Waals surface area contributed by atoms with Gasteiger partial charge < -0.3 is 5.73 Å². The van der Waals surface area contributed by atoms with Gasteiger partial charge in [0.05, 0.1) is 5.69 Å². The van der Waals surface area contributed by atoms with Crippen LogP contribution in [0.1, 0.15) is 11.3 Å². The van der Waals surface area contributed by atoms with Crippen molar-refractivity contribution in [3.8, 4) is 0 Å². The number of nitrogens with two attached hydrogens (primary N) is 1. The fraction of sp³-hybridized carbons (Fsp3) is 0.545. The van der Waals surface area contributed by atoms with E-state index in [1.807, 2.05) is 18.0 Å². The van der Waals surface area contributed by atoms with Crippen molar-refractivity contribution in [3.05, 3.63) is 29.6 Å². The second-order valence-electron chi connectivity index (χ2n) is 3.75. The Morgan fingerprint density at radius 1 is 1.40 bits per heavy atom. The first-order valence-electron chi connectivity index (χ1n) is 5.32. The summed E-state index contributed by atoms with van der Waals surface area (Å²) in [4.78, 5) is 6.70. The van der Waals surface area contributed by atoms with Crippen LogP contribution in [-0.4, -0.2) is 34.5 Å². The van der Waals surface area contributed by atoms with Crippen LogP contribution in [0.15, 0.2) is 18.3 Å². The van der Waals surface area contributed by atoms with Crippen molar-refractivity contribution in [2.24, 2.45) is 5.73 Å². The Labute approximate surface area is 95.1 Å². The van der Waals surface area contributed by atoms with Crippen molar-refractivity contribution >= 4 is 11.8 Å². The minimum absolute atomic E-state index is 0.531. The lowest BCUT2D eigenvalue weighted by atomic mass is 10.2. The molecule has 2 N–H and O–H groups in total. The zero-order chi connectivity index (χ0) is 10.5. The minimum atomic E-state index is 0.531. The van der Waals surface area contributed by atoms with E-state index in [0.717, 1.165) is 12.2 Å². The van der Waals surface area contributed by atoms with Gasteiger partial charge in [0, 0.05) is 43.9 Å². The van der Waals surface area contributed by atoms with Gasteiger partial charge in [-0.05, 0) is 17.7 Å². The van der Waals surface area contributed by atoms with Crippen LogP contribution in [0.4, 0.5) is 0 Å². The van der Waals surface area contributed by atoms with E-state index in [4.69, 9.17) is 5.73 Å². The van der Waals surface area contributed by atoms with Gasteiger partial charge in [0.2, 0.25) is 0 Å². The largest absolute Gasteiger partial charge is 0.325 e.